The molecule has 1 atom stereocenters. The lowest BCUT2D eigenvalue weighted by Crippen LogP contribution is -2.59. The summed E-state index contributed by atoms with van der Waals surface area (Å²) in [6.07, 6.45) is 19.3. The third-order valence-corrected chi connectivity index (χ3v) is 16.1. The van der Waals surface area contributed by atoms with Gasteiger partial charge in [-0.1, -0.05) is 34.6 Å². The molecule has 53 heavy (non-hydrogen) atoms. The Morgan fingerprint density at radius 2 is 0.792 bits per heavy atom. The highest BCUT2D eigenvalue weighted by Gasteiger charge is 2.62. The molecule has 8 aliphatic carbocycles. The van der Waals surface area contributed by atoms with Crippen molar-refractivity contribution in [2.24, 2.45) is 57.2 Å². The van der Waals surface area contributed by atoms with Crippen LogP contribution in [0.5, 0.6) is 0 Å². The molecule has 0 aliphatic heterocycles. The van der Waals surface area contributed by atoms with E-state index in [0.29, 0.717) is 12.8 Å². The van der Waals surface area contributed by atoms with Crippen LogP contribution in [-0.4, -0.2) is 48.3 Å². The summed E-state index contributed by atoms with van der Waals surface area (Å²) in [5, 5.41) is 0. The van der Waals surface area contributed by atoms with Gasteiger partial charge in [0.15, 0.2) is 13.2 Å². The third kappa shape index (κ3) is 8.37. The Bertz CT molecular complexity index is 1270. The number of carbonyl (C=O) groups excluding carboxylic acids is 4. The van der Waals surface area contributed by atoms with Crippen LogP contribution in [0.3, 0.4) is 0 Å². The van der Waals surface area contributed by atoms with Crippen molar-refractivity contribution in [3.63, 3.8) is 0 Å². The van der Waals surface area contributed by atoms with E-state index in [0.717, 1.165) is 54.8 Å². The molecule has 8 aliphatic rings. The van der Waals surface area contributed by atoms with Crippen molar-refractivity contribution >= 4 is 23.9 Å². The van der Waals surface area contributed by atoms with Gasteiger partial charge in [0.05, 0.1) is 10.8 Å². The van der Waals surface area contributed by atoms with E-state index in [2.05, 4.69) is 27.7 Å². The summed E-state index contributed by atoms with van der Waals surface area (Å²) in [7, 11) is 0. The lowest BCUT2D eigenvalue weighted by atomic mass is 9.44. The summed E-state index contributed by atoms with van der Waals surface area (Å²) < 4.78 is 22.8. The largest absolute Gasteiger partial charge is 0.456 e. The molecule has 8 rings (SSSR count). The van der Waals surface area contributed by atoms with Gasteiger partial charge in [0.1, 0.15) is 11.2 Å². The molecule has 0 N–H and O–H groups in total. The average Bonchev–Trinajstić information content (AvgIpc) is 3.10. The van der Waals surface area contributed by atoms with E-state index in [-0.39, 0.29) is 42.0 Å². The van der Waals surface area contributed by atoms with Crippen LogP contribution in [0.25, 0.3) is 0 Å². The van der Waals surface area contributed by atoms with Gasteiger partial charge >= 0.3 is 23.9 Å². The number of carbonyl (C=O) groups is 4. The van der Waals surface area contributed by atoms with Crippen LogP contribution in [0.4, 0.5) is 0 Å². The van der Waals surface area contributed by atoms with Crippen molar-refractivity contribution in [2.45, 2.75) is 190 Å². The van der Waals surface area contributed by atoms with Gasteiger partial charge in [-0.2, -0.15) is 0 Å². The normalized spacial score (nSPS) is 33.7. The van der Waals surface area contributed by atoms with Crippen LogP contribution >= 0.6 is 0 Å². The highest BCUT2D eigenvalue weighted by atomic mass is 16.6. The van der Waals surface area contributed by atoms with Crippen LogP contribution in [0, 0.1) is 57.2 Å². The Kier molecular flexibility index (Phi) is 12.5. The molecule has 8 fully saturated rings. The summed E-state index contributed by atoms with van der Waals surface area (Å²) in [5.74, 6) is 3.46. The first kappa shape index (κ1) is 42.0. The Morgan fingerprint density at radius 3 is 1.09 bits per heavy atom. The number of hydrogen-bond acceptors (Lipinski definition) is 8. The lowest BCUT2D eigenvalue weighted by Gasteiger charge is -2.63. The van der Waals surface area contributed by atoms with Crippen molar-refractivity contribution in [1.29, 1.82) is 0 Å². The van der Waals surface area contributed by atoms with Gasteiger partial charge in [0.2, 0.25) is 0 Å². The molecule has 0 heterocycles. The first-order valence-corrected chi connectivity index (χ1v) is 21.6. The smallest absolute Gasteiger partial charge is 0.344 e. The minimum atomic E-state index is -0.563. The van der Waals surface area contributed by atoms with Crippen LogP contribution < -0.4 is 0 Å². The van der Waals surface area contributed by atoms with Gasteiger partial charge in [-0.05, 0) is 179 Å². The lowest BCUT2D eigenvalue weighted by molar-refractivity contribution is -0.215. The van der Waals surface area contributed by atoms with Crippen molar-refractivity contribution in [1.82, 2.24) is 0 Å². The van der Waals surface area contributed by atoms with Crippen molar-refractivity contribution in [3.05, 3.63) is 0 Å². The Hall–Kier alpha value is -2.12. The summed E-state index contributed by atoms with van der Waals surface area (Å²) in [6.45, 7) is 19.3. The fourth-order valence-corrected chi connectivity index (χ4v) is 12.7. The van der Waals surface area contributed by atoms with Crippen LogP contribution in [0.2, 0.25) is 0 Å². The predicted molar refractivity (Wildman–Crippen MR) is 205 cm³/mol. The highest BCUT2D eigenvalue weighted by Crippen LogP contribution is 2.66. The monoisotopic (exact) mass is 743 g/mol. The van der Waals surface area contributed by atoms with E-state index in [1.54, 1.807) is 0 Å². The van der Waals surface area contributed by atoms with Crippen LogP contribution in [-0.2, 0) is 38.1 Å². The molecule has 1 unspecified atom stereocenters. The Morgan fingerprint density at radius 1 is 0.472 bits per heavy atom. The number of esters is 4. The molecule has 302 valence electrons. The zero-order valence-electron chi connectivity index (χ0n) is 35.2. The molecule has 8 saturated carbocycles. The fraction of sp³-hybridized carbons (Fsp3) is 0.911. The summed E-state index contributed by atoms with van der Waals surface area (Å²) in [4.78, 5) is 49.5. The maximum Gasteiger partial charge on any atom is 0.344 e. The predicted octanol–water partition coefficient (Wildman–Crippen LogP) is 10.2. The van der Waals surface area contributed by atoms with E-state index in [1.165, 1.54) is 77.0 Å². The van der Waals surface area contributed by atoms with Crippen molar-refractivity contribution < 1.29 is 38.1 Å². The molecule has 8 bridgehead atoms. The zero-order chi connectivity index (χ0) is 39.0. The number of rotatable bonds is 15. The standard InChI is InChI=1S/C23H38O4.C22H36O4/c1-6-21(4,5)20(25)26-15-19(24)27-23(7-2,8-3)22-12-16-9-17(13-22)11-18(10-16)14-22;1-6-20(3,4)19(24)25-14-18(23)26-21(5,7-2)22-11-15-8-16(12-22)10-17(9-15)13-22/h16-18H,6-15H2,1-5H3;15-17H,6-14H2,1-5H3. The number of hydrogen-bond donors (Lipinski definition) is 0. The van der Waals surface area contributed by atoms with Gasteiger partial charge in [-0.25, -0.2) is 9.59 Å². The SMILES string of the molecule is CCC(C)(C)C(=O)OCC(=O)OC(C)(CC)C12CC3CC(CC(C3)C1)C2.CCC(C)(C)C(=O)OCC(=O)OC(CC)(CC)C12CC3CC(CC(C3)C1)C2. The second kappa shape index (κ2) is 15.8. The molecule has 8 heteroatoms. The Balaban J connectivity index is 0.000000204. The van der Waals surface area contributed by atoms with Gasteiger partial charge in [0, 0.05) is 10.8 Å². The third-order valence-electron chi connectivity index (χ3n) is 16.1. The minimum Gasteiger partial charge on any atom is -0.456 e. The molecular formula is C45H74O8. The molecule has 0 saturated heterocycles. The highest BCUT2D eigenvalue weighted by molar-refractivity contribution is 5.80. The fourth-order valence-electron chi connectivity index (χ4n) is 12.7. The first-order valence-electron chi connectivity index (χ1n) is 21.6. The van der Waals surface area contributed by atoms with Gasteiger partial charge < -0.3 is 18.9 Å². The zero-order valence-corrected chi connectivity index (χ0v) is 35.2. The topological polar surface area (TPSA) is 105 Å². The number of ether oxygens (including phenoxy) is 4. The van der Waals surface area contributed by atoms with Gasteiger partial charge in [0.25, 0.3) is 0 Å². The maximum absolute atomic E-state index is 12.7. The molecule has 0 aromatic carbocycles. The second-order valence-electron chi connectivity index (χ2n) is 20.3. The summed E-state index contributed by atoms with van der Waals surface area (Å²) in [5.41, 5.74) is -1.73. The van der Waals surface area contributed by atoms with Crippen molar-refractivity contribution in [3.8, 4) is 0 Å². The van der Waals surface area contributed by atoms with Crippen LogP contribution in [0.15, 0.2) is 0 Å². The van der Waals surface area contributed by atoms with E-state index in [1.807, 2.05) is 41.5 Å². The molecule has 0 aromatic rings. The maximum atomic E-state index is 12.7. The van der Waals surface area contributed by atoms with Crippen molar-refractivity contribution in [2.75, 3.05) is 13.2 Å². The first-order chi connectivity index (χ1) is 24.8. The molecule has 0 spiro atoms. The minimum absolute atomic E-state index is 0.124. The van der Waals surface area contributed by atoms with Crippen LogP contribution in [0.1, 0.15) is 178 Å². The van der Waals surface area contributed by atoms with E-state index in [4.69, 9.17) is 18.9 Å². The van der Waals surface area contributed by atoms with E-state index >= 15 is 0 Å². The quantitative estimate of drug-likeness (QED) is 0.121. The van der Waals surface area contributed by atoms with Gasteiger partial charge in [-0.15, -0.1) is 0 Å². The molecule has 0 aromatic heterocycles. The van der Waals surface area contributed by atoms with E-state index < -0.39 is 28.0 Å². The average molecular weight is 743 g/mol. The molecular weight excluding hydrogens is 668 g/mol. The molecule has 8 nitrogen and oxygen atoms in total. The molecule has 0 amide bonds. The molecule has 0 radical (unpaired) electrons. The summed E-state index contributed by atoms with van der Waals surface area (Å²) in [6, 6.07) is 0. The van der Waals surface area contributed by atoms with Gasteiger partial charge in [-0.3, -0.25) is 9.59 Å². The Labute approximate surface area is 321 Å². The summed E-state index contributed by atoms with van der Waals surface area (Å²) >= 11 is 0. The second-order valence-corrected chi connectivity index (χ2v) is 20.3. The van der Waals surface area contributed by atoms with E-state index in [9.17, 15) is 19.2 Å².